The quantitative estimate of drug-likeness (QED) is 0.671. The molecule has 1 aromatic heterocycles. The normalized spacial score (nSPS) is 11.0. The zero-order valence-electron chi connectivity index (χ0n) is 13.5. The lowest BCUT2D eigenvalue weighted by Crippen LogP contribution is -2.04. The van der Waals surface area contributed by atoms with Gasteiger partial charge in [0.15, 0.2) is 5.78 Å². The largest absolute Gasteiger partial charge is 0.295 e. The Labute approximate surface area is 135 Å². The first-order valence-electron chi connectivity index (χ1n) is 7.70. The first kappa shape index (κ1) is 15.2. The van der Waals surface area contributed by atoms with Gasteiger partial charge in [0.2, 0.25) is 0 Å². The van der Waals surface area contributed by atoms with Gasteiger partial charge in [0.25, 0.3) is 0 Å². The van der Waals surface area contributed by atoms with Crippen LogP contribution in [0.1, 0.15) is 37.2 Å². The van der Waals surface area contributed by atoms with Crippen LogP contribution in [-0.2, 0) is 0 Å². The van der Waals surface area contributed by atoms with Gasteiger partial charge >= 0.3 is 0 Å². The standard InChI is InChI=1S/C19H19N3O/c1-13(2)22-20-18(15-8-5-4-6-9-15)19(21-22)17-11-7-10-16(12-17)14(3)23/h4-13H,1-3H3. The molecule has 0 radical (unpaired) electrons. The maximum atomic E-state index is 11.7. The molecule has 0 N–H and O–H groups in total. The Morgan fingerprint density at radius 1 is 0.913 bits per heavy atom. The average Bonchev–Trinajstić information content (AvgIpc) is 3.01. The van der Waals surface area contributed by atoms with Crippen molar-refractivity contribution in [2.75, 3.05) is 0 Å². The highest BCUT2D eigenvalue weighted by Gasteiger charge is 2.17. The van der Waals surface area contributed by atoms with Gasteiger partial charge in [0, 0.05) is 16.7 Å². The fourth-order valence-electron chi connectivity index (χ4n) is 2.42. The van der Waals surface area contributed by atoms with E-state index < -0.39 is 0 Å². The summed E-state index contributed by atoms with van der Waals surface area (Å²) >= 11 is 0. The molecule has 4 heteroatoms. The number of ketones is 1. The van der Waals surface area contributed by atoms with E-state index in [-0.39, 0.29) is 11.8 Å². The molecule has 0 aliphatic rings. The molecular weight excluding hydrogens is 286 g/mol. The van der Waals surface area contributed by atoms with Crippen molar-refractivity contribution in [3.05, 3.63) is 60.2 Å². The average molecular weight is 305 g/mol. The Morgan fingerprint density at radius 2 is 1.52 bits per heavy atom. The maximum Gasteiger partial charge on any atom is 0.159 e. The Kier molecular flexibility index (Phi) is 4.06. The van der Waals surface area contributed by atoms with E-state index in [9.17, 15) is 4.79 Å². The molecule has 23 heavy (non-hydrogen) atoms. The van der Waals surface area contributed by atoms with Crippen LogP contribution < -0.4 is 0 Å². The number of benzene rings is 2. The van der Waals surface area contributed by atoms with E-state index in [0.29, 0.717) is 5.56 Å². The summed E-state index contributed by atoms with van der Waals surface area (Å²) in [7, 11) is 0. The summed E-state index contributed by atoms with van der Waals surface area (Å²) in [6.45, 7) is 5.66. The highest BCUT2D eigenvalue weighted by atomic mass is 16.1. The summed E-state index contributed by atoms with van der Waals surface area (Å²) in [5.41, 5.74) is 4.24. The van der Waals surface area contributed by atoms with Gasteiger partial charge in [-0.2, -0.15) is 15.0 Å². The van der Waals surface area contributed by atoms with Crippen LogP contribution in [0.15, 0.2) is 54.6 Å². The summed E-state index contributed by atoms with van der Waals surface area (Å²) in [6, 6.07) is 17.7. The monoisotopic (exact) mass is 305 g/mol. The highest BCUT2D eigenvalue weighted by molar-refractivity contribution is 5.95. The number of carbonyl (C=O) groups excluding carboxylic acids is 1. The lowest BCUT2D eigenvalue weighted by Gasteiger charge is -2.03. The fourth-order valence-corrected chi connectivity index (χ4v) is 2.42. The topological polar surface area (TPSA) is 47.8 Å². The van der Waals surface area contributed by atoms with Gasteiger partial charge in [-0.3, -0.25) is 4.79 Å². The van der Waals surface area contributed by atoms with Crippen molar-refractivity contribution in [2.24, 2.45) is 0 Å². The van der Waals surface area contributed by atoms with Crippen LogP contribution in [0.5, 0.6) is 0 Å². The Balaban J connectivity index is 2.18. The Morgan fingerprint density at radius 3 is 2.13 bits per heavy atom. The molecule has 3 rings (SSSR count). The van der Waals surface area contributed by atoms with E-state index >= 15 is 0 Å². The summed E-state index contributed by atoms with van der Waals surface area (Å²) in [6.07, 6.45) is 0. The van der Waals surface area contributed by atoms with Crippen molar-refractivity contribution in [3.63, 3.8) is 0 Å². The molecule has 0 spiro atoms. The van der Waals surface area contributed by atoms with Crippen molar-refractivity contribution in [1.29, 1.82) is 0 Å². The molecule has 0 bridgehead atoms. The van der Waals surface area contributed by atoms with Crippen LogP contribution in [0.25, 0.3) is 22.5 Å². The number of aromatic nitrogens is 3. The third kappa shape index (κ3) is 3.06. The smallest absolute Gasteiger partial charge is 0.159 e. The fraction of sp³-hybridized carbons (Fsp3) is 0.211. The Hall–Kier alpha value is -2.75. The second-order valence-corrected chi connectivity index (χ2v) is 5.81. The predicted octanol–water partition coefficient (Wildman–Crippen LogP) is 4.40. The van der Waals surface area contributed by atoms with Gasteiger partial charge in [0.1, 0.15) is 11.4 Å². The lowest BCUT2D eigenvalue weighted by molar-refractivity contribution is 0.101. The van der Waals surface area contributed by atoms with Crippen LogP contribution in [0.4, 0.5) is 0 Å². The molecule has 0 aliphatic heterocycles. The number of nitrogens with zero attached hydrogens (tertiary/aromatic N) is 3. The first-order valence-corrected chi connectivity index (χ1v) is 7.70. The maximum absolute atomic E-state index is 11.7. The van der Waals surface area contributed by atoms with Gasteiger partial charge in [-0.25, -0.2) is 0 Å². The molecule has 0 amide bonds. The predicted molar refractivity (Wildman–Crippen MR) is 91.3 cm³/mol. The highest BCUT2D eigenvalue weighted by Crippen LogP contribution is 2.30. The first-order chi connectivity index (χ1) is 11.1. The molecule has 0 unspecified atom stereocenters. The third-order valence-electron chi connectivity index (χ3n) is 3.68. The summed E-state index contributed by atoms with van der Waals surface area (Å²) < 4.78 is 0. The zero-order valence-corrected chi connectivity index (χ0v) is 13.5. The number of carbonyl (C=O) groups is 1. The molecule has 0 fully saturated rings. The number of hydrogen-bond donors (Lipinski definition) is 0. The molecule has 0 atom stereocenters. The Bertz CT molecular complexity index is 835. The van der Waals surface area contributed by atoms with Crippen LogP contribution >= 0.6 is 0 Å². The molecular formula is C19H19N3O. The second kappa shape index (κ2) is 6.16. The van der Waals surface area contributed by atoms with E-state index in [1.807, 2.05) is 68.4 Å². The number of Topliss-reactive ketones (excluding diaryl/α,β-unsaturated/α-hetero) is 1. The van der Waals surface area contributed by atoms with E-state index in [2.05, 4.69) is 10.2 Å². The third-order valence-corrected chi connectivity index (χ3v) is 3.68. The minimum Gasteiger partial charge on any atom is -0.295 e. The van der Waals surface area contributed by atoms with Crippen LogP contribution in [0.2, 0.25) is 0 Å². The van der Waals surface area contributed by atoms with Crippen molar-refractivity contribution >= 4 is 5.78 Å². The summed E-state index contributed by atoms with van der Waals surface area (Å²) in [5.74, 6) is 0.0457. The van der Waals surface area contributed by atoms with Crippen molar-refractivity contribution in [2.45, 2.75) is 26.8 Å². The second-order valence-electron chi connectivity index (χ2n) is 5.81. The van der Waals surface area contributed by atoms with Gasteiger partial charge in [-0.05, 0) is 26.8 Å². The van der Waals surface area contributed by atoms with Crippen LogP contribution in [0, 0.1) is 0 Å². The van der Waals surface area contributed by atoms with Gasteiger partial charge < -0.3 is 0 Å². The molecule has 0 aliphatic carbocycles. The molecule has 116 valence electrons. The van der Waals surface area contributed by atoms with Crippen molar-refractivity contribution < 1.29 is 4.79 Å². The summed E-state index contributed by atoms with van der Waals surface area (Å²) in [5, 5.41) is 9.30. The zero-order chi connectivity index (χ0) is 16.4. The van der Waals surface area contributed by atoms with Gasteiger partial charge in [0.05, 0.1) is 6.04 Å². The molecule has 3 aromatic rings. The SMILES string of the molecule is CC(=O)c1cccc(-c2nn(C(C)C)nc2-c2ccccc2)c1. The van der Waals surface area contributed by atoms with E-state index in [1.165, 1.54) is 0 Å². The van der Waals surface area contributed by atoms with Gasteiger partial charge in [-0.15, -0.1) is 0 Å². The number of rotatable bonds is 4. The number of hydrogen-bond acceptors (Lipinski definition) is 3. The van der Waals surface area contributed by atoms with Crippen LogP contribution in [-0.4, -0.2) is 20.8 Å². The minimum absolute atomic E-state index is 0.0457. The van der Waals surface area contributed by atoms with E-state index in [4.69, 9.17) is 0 Å². The van der Waals surface area contributed by atoms with Crippen molar-refractivity contribution in [3.8, 4) is 22.5 Å². The minimum atomic E-state index is 0.0457. The molecule has 0 saturated heterocycles. The van der Waals surface area contributed by atoms with E-state index in [1.54, 1.807) is 11.7 Å². The lowest BCUT2D eigenvalue weighted by atomic mass is 10.0. The molecule has 2 aromatic carbocycles. The van der Waals surface area contributed by atoms with E-state index in [0.717, 1.165) is 22.5 Å². The van der Waals surface area contributed by atoms with Crippen molar-refractivity contribution in [1.82, 2.24) is 15.0 Å². The summed E-state index contributed by atoms with van der Waals surface area (Å²) in [4.78, 5) is 13.4. The molecule has 4 nitrogen and oxygen atoms in total. The van der Waals surface area contributed by atoms with Gasteiger partial charge in [-0.1, -0.05) is 48.5 Å². The molecule has 1 heterocycles. The van der Waals surface area contributed by atoms with Crippen LogP contribution in [0.3, 0.4) is 0 Å². The molecule has 0 saturated carbocycles.